The predicted octanol–water partition coefficient (Wildman–Crippen LogP) is 3.98. The Hall–Kier alpha value is -3.08. The van der Waals surface area contributed by atoms with Crippen molar-refractivity contribution in [2.75, 3.05) is 19.5 Å². The molecular formula is C21H23NO4. The first-order valence-corrected chi connectivity index (χ1v) is 8.31. The summed E-state index contributed by atoms with van der Waals surface area (Å²) < 4.78 is 9.76. The standard InChI is InChI=1S/C21H23NO4/c1-14(2)15-10-12-17(13-11-15)22-19(21(24)26-4)18(20(23)25-3)16-8-6-5-7-9-16/h5-14,22H,1-4H3/b19-18-. The minimum Gasteiger partial charge on any atom is -0.465 e. The van der Waals surface area contributed by atoms with Crippen molar-refractivity contribution >= 4 is 23.2 Å². The molecule has 0 unspecified atom stereocenters. The van der Waals surface area contributed by atoms with Gasteiger partial charge in [0, 0.05) is 5.69 Å². The van der Waals surface area contributed by atoms with Crippen molar-refractivity contribution in [1.29, 1.82) is 0 Å². The van der Waals surface area contributed by atoms with Crippen molar-refractivity contribution in [3.05, 3.63) is 71.4 Å². The van der Waals surface area contributed by atoms with Gasteiger partial charge in [-0.25, -0.2) is 9.59 Å². The van der Waals surface area contributed by atoms with Crippen LogP contribution in [0.5, 0.6) is 0 Å². The fourth-order valence-electron chi connectivity index (χ4n) is 2.48. The van der Waals surface area contributed by atoms with E-state index in [0.717, 1.165) is 0 Å². The summed E-state index contributed by atoms with van der Waals surface area (Å²) in [6, 6.07) is 16.5. The first kappa shape index (κ1) is 19.2. The molecule has 26 heavy (non-hydrogen) atoms. The van der Waals surface area contributed by atoms with Crippen molar-refractivity contribution in [1.82, 2.24) is 0 Å². The van der Waals surface area contributed by atoms with Gasteiger partial charge in [-0.05, 0) is 29.2 Å². The van der Waals surface area contributed by atoms with Gasteiger partial charge >= 0.3 is 11.9 Å². The van der Waals surface area contributed by atoms with Crippen LogP contribution >= 0.6 is 0 Å². The van der Waals surface area contributed by atoms with Gasteiger partial charge in [0.25, 0.3) is 0 Å². The second-order valence-electron chi connectivity index (χ2n) is 6.00. The average molecular weight is 353 g/mol. The predicted molar refractivity (Wildman–Crippen MR) is 102 cm³/mol. The Bertz CT molecular complexity index is 793. The fraction of sp³-hybridized carbons (Fsp3) is 0.238. The molecule has 0 fully saturated rings. The lowest BCUT2D eigenvalue weighted by Gasteiger charge is -2.15. The number of rotatable bonds is 6. The summed E-state index contributed by atoms with van der Waals surface area (Å²) in [6.45, 7) is 4.21. The highest BCUT2D eigenvalue weighted by atomic mass is 16.5. The van der Waals surface area contributed by atoms with Gasteiger partial charge in [0.2, 0.25) is 0 Å². The van der Waals surface area contributed by atoms with E-state index in [0.29, 0.717) is 17.2 Å². The number of hydrogen-bond donors (Lipinski definition) is 1. The molecule has 0 heterocycles. The van der Waals surface area contributed by atoms with Gasteiger partial charge in [0.15, 0.2) is 0 Å². The molecule has 0 bridgehead atoms. The molecule has 5 nitrogen and oxygen atoms in total. The first-order chi connectivity index (χ1) is 12.5. The van der Waals surface area contributed by atoms with E-state index in [2.05, 4.69) is 19.2 Å². The van der Waals surface area contributed by atoms with Crippen molar-refractivity contribution in [3.63, 3.8) is 0 Å². The molecule has 2 aromatic rings. The van der Waals surface area contributed by atoms with Crippen LogP contribution in [0.15, 0.2) is 60.3 Å². The van der Waals surface area contributed by atoms with Crippen LogP contribution in [-0.4, -0.2) is 26.2 Å². The van der Waals surface area contributed by atoms with Gasteiger partial charge in [0.1, 0.15) is 5.70 Å². The lowest BCUT2D eigenvalue weighted by atomic mass is 10.0. The topological polar surface area (TPSA) is 64.6 Å². The first-order valence-electron chi connectivity index (χ1n) is 8.31. The lowest BCUT2D eigenvalue weighted by Crippen LogP contribution is -2.19. The van der Waals surface area contributed by atoms with E-state index in [-0.39, 0.29) is 11.3 Å². The fourth-order valence-corrected chi connectivity index (χ4v) is 2.48. The summed E-state index contributed by atoms with van der Waals surface area (Å²) in [4.78, 5) is 24.8. The average Bonchev–Trinajstić information content (AvgIpc) is 2.67. The summed E-state index contributed by atoms with van der Waals surface area (Å²) in [7, 11) is 2.55. The Morgan fingerprint density at radius 2 is 1.42 bits per heavy atom. The van der Waals surface area contributed by atoms with E-state index in [1.54, 1.807) is 24.3 Å². The Labute approximate surface area is 153 Å². The number of anilines is 1. The molecule has 0 aliphatic rings. The highest BCUT2D eigenvalue weighted by molar-refractivity contribution is 6.23. The number of ether oxygens (including phenoxy) is 2. The number of hydrogen-bond acceptors (Lipinski definition) is 5. The van der Waals surface area contributed by atoms with E-state index in [1.807, 2.05) is 30.3 Å². The van der Waals surface area contributed by atoms with E-state index in [1.165, 1.54) is 19.8 Å². The van der Waals surface area contributed by atoms with Crippen LogP contribution in [-0.2, 0) is 19.1 Å². The van der Waals surface area contributed by atoms with Gasteiger partial charge in [-0.2, -0.15) is 0 Å². The van der Waals surface area contributed by atoms with Crippen LogP contribution in [0.25, 0.3) is 5.57 Å². The third kappa shape index (κ3) is 4.51. The third-order valence-corrected chi connectivity index (χ3v) is 3.94. The summed E-state index contributed by atoms with van der Waals surface area (Å²) in [5, 5.41) is 3.01. The molecule has 0 aliphatic carbocycles. The molecule has 0 radical (unpaired) electrons. The van der Waals surface area contributed by atoms with Crippen LogP contribution in [0.2, 0.25) is 0 Å². The number of methoxy groups -OCH3 is 2. The number of benzene rings is 2. The number of esters is 2. The maximum Gasteiger partial charge on any atom is 0.355 e. The molecule has 0 aromatic heterocycles. The van der Waals surface area contributed by atoms with Gasteiger partial charge in [-0.3, -0.25) is 0 Å². The molecule has 0 atom stereocenters. The van der Waals surface area contributed by atoms with Crippen molar-refractivity contribution in [3.8, 4) is 0 Å². The molecule has 0 spiro atoms. The van der Waals surface area contributed by atoms with Crippen LogP contribution in [0.4, 0.5) is 5.69 Å². The molecule has 5 heteroatoms. The molecule has 0 aliphatic heterocycles. The minimum absolute atomic E-state index is 0.0304. The smallest absolute Gasteiger partial charge is 0.355 e. The van der Waals surface area contributed by atoms with Crippen LogP contribution in [0, 0.1) is 0 Å². The molecule has 0 saturated heterocycles. The molecule has 2 aromatic carbocycles. The summed E-state index contributed by atoms with van der Waals surface area (Å²) in [5.41, 5.74) is 2.56. The van der Waals surface area contributed by atoms with Crippen molar-refractivity contribution < 1.29 is 19.1 Å². The zero-order chi connectivity index (χ0) is 19.1. The summed E-state index contributed by atoms with van der Waals surface area (Å²) in [5.74, 6) is -0.875. The maximum absolute atomic E-state index is 12.4. The van der Waals surface area contributed by atoms with E-state index in [9.17, 15) is 9.59 Å². The second-order valence-corrected chi connectivity index (χ2v) is 6.00. The van der Waals surface area contributed by atoms with Crippen molar-refractivity contribution in [2.24, 2.45) is 0 Å². The van der Waals surface area contributed by atoms with Gasteiger partial charge in [-0.1, -0.05) is 56.3 Å². The molecular weight excluding hydrogens is 330 g/mol. The van der Waals surface area contributed by atoms with Crippen LogP contribution < -0.4 is 5.32 Å². The summed E-state index contributed by atoms with van der Waals surface area (Å²) in [6.07, 6.45) is 0. The zero-order valence-corrected chi connectivity index (χ0v) is 15.4. The lowest BCUT2D eigenvalue weighted by molar-refractivity contribution is -0.137. The Balaban J connectivity index is 2.53. The van der Waals surface area contributed by atoms with Gasteiger partial charge in [-0.15, -0.1) is 0 Å². The number of carbonyl (C=O) groups is 2. The highest BCUT2D eigenvalue weighted by Crippen LogP contribution is 2.24. The Kier molecular flexibility index (Phi) is 6.55. The monoisotopic (exact) mass is 353 g/mol. The normalized spacial score (nSPS) is 11.6. The van der Waals surface area contributed by atoms with Crippen molar-refractivity contribution in [2.45, 2.75) is 19.8 Å². The van der Waals surface area contributed by atoms with E-state index >= 15 is 0 Å². The third-order valence-electron chi connectivity index (χ3n) is 3.94. The molecule has 0 amide bonds. The molecule has 0 saturated carbocycles. The SMILES string of the molecule is COC(=O)/C(Nc1ccc(C(C)C)cc1)=C(/C(=O)OC)c1ccccc1. The minimum atomic E-state index is -0.651. The molecule has 2 rings (SSSR count). The summed E-state index contributed by atoms with van der Waals surface area (Å²) >= 11 is 0. The second kappa shape index (κ2) is 8.85. The quantitative estimate of drug-likeness (QED) is 0.629. The van der Waals surface area contributed by atoms with Crippen LogP contribution in [0.1, 0.15) is 30.9 Å². The number of carbonyl (C=O) groups excluding carboxylic acids is 2. The molecule has 136 valence electrons. The van der Waals surface area contributed by atoms with Gasteiger partial charge < -0.3 is 14.8 Å². The Morgan fingerprint density at radius 3 is 1.92 bits per heavy atom. The molecule has 1 N–H and O–H groups in total. The highest BCUT2D eigenvalue weighted by Gasteiger charge is 2.24. The van der Waals surface area contributed by atoms with Gasteiger partial charge in [0.05, 0.1) is 19.8 Å². The van der Waals surface area contributed by atoms with Crippen LogP contribution in [0.3, 0.4) is 0 Å². The Morgan fingerprint density at radius 1 is 0.846 bits per heavy atom. The maximum atomic E-state index is 12.4. The van der Waals surface area contributed by atoms with E-state index < -0.39 is 11.9 Å². The zero-order valence-electron chi connectivity index (χ0n) is 15.4. The largest absolute Gasteiger partial charge is 0.465 e. The number of nitrogens with one attached hydrogen (secondary N) is 1. The van der Waals surface area contributed by atoms with E-state index in [4.69, 9.17) is 9.47 Å².